The molecular weight excluding hydrogens is 401 g/mol. The number of benzene rings is 2. The van der Waals surface area contributed by atoms with Gasteiger partial charge in [-0.2, -0.15) is 0 Å². The number of halogens is 1. The van der Waals surface area contributed by atoms with Gasteiger partial charge >= 0.3 is 0 Å². The van der Waals surface area contributed by atoms with E-state index in [0.717, 1.165) is 36.0 Å². The molecule has 4 unspecified atom stereocenters. The Balaban J connectivity index is 1.33. The van der Waals surface area contributed by atoms with Gasteiger partial charge in [-0.1, -0.05) is 36.4 Å². The number of aliphatic hydroxyl groups excluding tert-OH is 4. The van der Waals surface area contributed by atoms with E-state index in [1.54, 1.807) is 6.07 Å². The Kier molecular flexibility index (Phi) is 8.95. The van der Waals surface area contributed by atoms with Crippen LogP contribution in [0.1, 0.15) is 24.8 Å². The third-order valence-electron chi connectivity index (χ3n) is 5.83. The Morgan fingerprint density at radius 3 is 2.42 bits per heavy atom. The van der Waals surface area contributed by atoms with E-state index in [9.17, 15) is 24.8 Å². The highest BCUT2D eigenvalue weighted by atomic mass is 19.1. The summed E-state index contributed by atoms with van der Waals surface area (Å²) in [7, 11) is 0. The molecule has 0 radical (unpaired) electrons. The van der Waals surface area contributed by atoms with E-state index in [-0.39, 0.29) is 19.0 Å². The number of piperidine rings is 1. The highest BCUT2D eigenvalue weighted by Crippen LogP contribution is 2.21. The van der Waals surface area contributed by atoms with Crippen LogP contribution in [0.3, 0.4) is 0 Å². The molecule has 0 bridgehead atoms. The van der Waals surface area contributed by atoms with Crippen LogP contribution in [0.25, 0.3) is 11.1 Å². The Hall–Kier alpha value is -1.87. The number of aliphatic hydroxyl groups is 4. The Labute approximate surface area is 182 Å². The molecule has 6 nitrogen and oxygen atoms in total. The van der Waals surface area contributed by atoms with E-state index in [4.69, 9.17) is 4.74 Å². The highest BCUT2D eigenvalue weighted by molar-refractivity contribution is 5.63. The lowest BCUT2D eigenvalue weighted by atomic mass is 9.94. The molecule has 1 heterocycles. The first kappa shape index (κ1) is 23.8. The molecule has 0 aromatic heterocycles. The Morgan fingerprint density at radius 1 is 0.935 bits per heavy atom. The topological polar surface area (TPSA) is 93.4 Å². The fourth-order valence-corrected chi connectivity index (χ4v) is 3.98. The first-order valence-electron chi connectivity index (χ1n) is 10.8. The second kappa shape index (κ2) is 11.7. The van der Waals surface area contributed by atoms with E-state index in [1.165, 1.54) is 12.1 Å². The molecule has 1 saturated heterocycles. The molecule has 1 fully saturated rings. The number of hydrogen-bond donors (Lipinski definition) is 4. The maximum Gasteiger partial charge on any atom is 0.123 e. The van der Waals surface area contributed by atoms with Crippen LogP contribution in [-0.2, 0) is 11.3 Å². The SMILES string of the molecule is OCC1C(O)C(O)C(O)CN1CCCCCOCc1ccc(-c2cccc(F)c2)cc1. The van der Waals surface area contributed by atoms with Crippen LogP contribution in [-0.4, -0.2) is 76.0 Å². The first-order valence-corrected chi connectivity index (χ1v) is 10.8. The maximum atomic E-state index is 13.4. The minimum Gasteiger partial charge on any atom is -0.395 e. The molecule has 4 atom stereocenters. The standard InChI is InChI=1S/C24H32FNO5/c25-20-6-4-5-19(13-20)18-9-7-17(8-10-18)16-31-12-3-1-2-11-26-14-22(28)24(30)23(29)21(26)15-27/h4-10,13,21-24,27-30H,1-3,11-12,14-16H2. The number of β-amino-alcohol motifs (C(OH)–C–C–N with tert-alkyl or cyclic N) is 1. The van der Waals surface area contributed by atoms with Crippen molar-refractivity contribution in [3.8, 4) is 11.1 Å². The van der Waals surface area contributed by atoms with Gasteiger partial charge in [0.15, 0.2) is 0 Å². The summed E-state index contributed by atoms with van der Waals surface area (Å²) >= 11 is 0. The molecule has 31 heavy (non-hydrogen) atoms. The largest absolute Gasteiger partial charge is 0.395 e. The van der Waals surface area contributed by atoms with Crippen molar-refractivity contribution in [2.75, 3.05) is 26.3 Å². The van der Waals surface area contributed by atoms with Crippen LogP contribution >= 0.6 is 0 Å². The second-order valence-corrected chi connectivity index (χ2v) is 8.11. The van der Waals surface area contributed by atoms with Crippen molar-refractivity contribution >= 4 is 0 Å². The molecular formula is C24H32FNO5. The number of ether oxygens (including phenoxy) is 1. The third-order valence-corrected chi connectivity index (χ3v) is 5.83. The summed E-state index contributed by atoms with van der Waals surface area (Å²) in [6.07, 6.45) is -0.727. The quantitative estimate of drug-likeness (QED) is 0.428. The summed E-state index contributed by atoms with van der Waals surface area (Å²) in [4.78, 5) is 1.84. The Bertz CT molecular complexity index is 803. The fraction of sp³-hybridized carbons (Fsp3) is 0.500. The van der Waals surface area contributed by atoms with E-state index < -0.39 is 24.4 Å². The number of nitrogens with zero attached hydrogens (tertiary/aromatic N) is 1. The third kappa shape index (κ3) is 6.55. The molecule has 1 aliphatic rings. The lowest BCUT2D eigenvalue weighted by Crippen LogP contribution is -2.62. The fourth-order valence-electron chi connectivity index (χ4n) is 3.98. The van der Waals surface area contributed by atoms with Gasteiger partial charge in [-0.3, -0.25) is 4.90 Å². The van der Waals surface area contributed by atoms with Crippen molar-refractivity contribution in [1.82, 2.24) is 4.90 Å². The van der Waals surface area contributed by atoms with Gasteiger partial charge in [0.1, 0.15) is 18.0 Å². The Morgan fingerprint density at radius 2 is 1.71 bits per heavy atom. The molecule has 0 saturated carbocycles. The smallest absolute Gasteiger partial charge is 0.123 e. The minimum atomic E-state index is -1.22. The van der Waals surface area contributed by atoms with E-state index in [0.29, 0.717) is 19.8 Å². The molecule has 2 aromatic rings. The minimum absolute atomic E-state index is 0.242. The average molecular weight is 434 g/mol. The van der Waals surface area contributed by atoms with Crippen molar-refractivity contribution in [1.29, 1.82) is 0 Å². The van der Waals surface area contributed by atoms with Gasteiger partial charge in [0.2, 0.25) is 0 Å². The molecule has 3 rings (SSSR count). The van der Waals surface area contributed by atoms with Gasteiger partial charge in [-0.15, -0.1) is 0 Å². The normalized spacial score (nSPS) is 24.4. The number of rotatable bonds is 10. The lowest BCUT2D eigenvalue weighted by molar-refractivity contribution is -0.145. The molecule has 170 valence electrons. The maximum absolute atomic E-state index is 13.4. The molecule has 0 amide bonds. The molecule has 1 aliphatic heterocycles. The predicted molar refractivity (Wildman–Crippen MR) is 116 cm³/mol. The van der Waals surface area contributed by atoms with Crippen molar-refractivity contribution in [3.63, 3.8) is 0 Å². The van der Waals surface area contributed by atoms with Crippen molar-refractivity contribution in [2.45, 2.75) is 50.2 Å². The zero-order valence-electron chi connectivity index (χ0n) is 17.6. The van der Waals surface area contributed by atoms with Gasteiger partial charge in [0, 0.05) is 13.2 Å². The van der Waals surface area contributed by atoms with Crippen molar-refractivity contribution in [3.05, 3.63) is 59.9 Å². The molecule has 0 aliphatic carbocycles. The van der Waals surface area contributed by atoms with Gasteiger partial charge < -0.3 is 25.2 Å². The van der Waals surface area contributed by atoms with Crippen molar-refractivity contribution in [2.24, 2.45) is 0 Å². The number of unbranched alkanes of at least 4 members (excludes halogenated alkanes) is 2. The summed E-state index contributed by atoms with van der Waals surface area (Å²) in [6, 6.07) is 13.9. The molecule has 4 N–H and O–H groups in total. The monoisotopic (exact) mass is 433 g/mol. The van der Waals surface area contributed by atoms with Crippen LogP contribution < -0.4 is 0 Å². The highest BCUT2D eigenvalue weighted by Gasteiger charge is 2.40. The van der Waals surface area contributed by atoms with Gasteiger partial charge in [0.25, 0.3) is 0 Å². The summed E-state index contributed by atoms with van der Waals surface area (Å²) in [5.74, 6) is -0.248. The predicted octanol–water partition coefficient (Wildman–Crippen LogP) is 1.94. The van der Waals surface area contributed by atoms with E-state index in [2.05, 4.69) is 0 Å². The number of likely N-dealkylation sites (tertiary alicyclic amines) is 1. The van der Waals surface area contributed by atoms with Crippen LogP contribution in [0.5, 0.6) is 0 Å². The lowest BCUT2D eigenvalue weighted by Gasteiger charge is -2.43. The summed E-state index contributed by atoms with van der Waals surface area (Å²) in [5.41, 5.74) is 2.87. The first-order chi connectivity index (χ1) is 15.0. The van der Waals surface area contributed by atoms with Gasteiger partial charge in [-0.05, 0) is 54.6 Å². The van der Waals surface area contributed by atoms with Gasteiger partial charge in [-0.25, -0.2) is 4.39 Å². The zero-order valence-corrected chi connectivity index (χ0v) is 17.6. The van der Waals surface area contributed by atoms with Gasteiger partial charge in [0.05, 0.1) is 25.4 Å². The van der Waals surface area contributed by atoms with Crippen LogP contribution in [0.4, 0.5) is 4.39 Å². The zero-order chi connectivity index (χ0) is 22.2. The second-order valence-electron chi connectivity index (χ2n) is 8.11. The van der Waals surface area contributed by atoms with Crippen molar-refractivity contribution < 1.29 is 29.6 Å². The van der Waals surface area contributed by atoms with E-state index >= 15 is 0 Å². The van der Waals surface area contributed by atoms with Crippen LogP contribution in [0.2, 0.25) is 0 Å². The summed E-state index contributed by atoms with van der Waals surface area (Å²) < 4.78 is 19.1. The summed E-state index contributed by atoms with van der Waals surface area (Å²) in [6.45, 7) is 1.75. The summed E-state index contributed by atoms with van der Waals surface area (Å²) in [5, 5.41) is 39.1. The molecule has 2 aromatic carbocycles. The van der Waals surface area contributed by atoms with E-state index in [1.807, 2.05) is 35.2 Å². The number of hydrogen-bond acceptors (Lipinski definition) is 6. The average Bonchev–Trinajstić information content (AvgIpc) is 2.77. The molecule has 7 heteroatoms. The van der Waals surface area contributed by atoms with Crippen LogP contribution in [0, 0.1) is 5.82 Å². The molecule has 0 spiro atoms. The van der Waals surface area contributed by atoms with Crippen LogP contribution in [0.15, 0.2) is 48.5 Å².